The smallest absolute Gasteiger partial charge is 0.123 e. The van der Waals surface area contributed by atoms with E-state index in [2.05, 4.69) is 0 Å². The predicted octanol–water partition coefficient (Wildman–Crippen LogP) is 3.75. The van der Waals surface area contributed by atoms with E-state index >= 15 is 0 Å². The van der Waals surface area contributed by atoms with Crippen molar-refractivity contribution in [2.75, 3.05) is 0 Å². The van der Waals surface area contributed by atoms with E-state index in [-0.39, 0.29) is 5.82 Å². The van der Waals surface area contributed by atoms with Crippen LogP contribution in [-0.2, 0) is 0 Å². The molecule has 1 aromatic carbocycles. The van der Waals surface area contributed by atoms with Gasteiger partial charge in [0.2, 0.25) is 0 Å². The maximum atomic E-state index is 12.1. The lowest BCUT2D eigenvalue weighted by Crippen LogP contribution is -1.73. The number of rotatable bonds is 0. The van der Waals surface area contributed by atoms with Crippen molar-refractivity contribution in [1.29, 1.82) is 5.26 Å². The van der Waals surface area contributed by atoms with Crippen molar-refractivity contribution in [3.8, 4) is 6.07 Å². The van der Waals surface area contributed by atoms with Gasteiger partial charge in [0.1, 0.15) is 5.82 Å². The summed E-state index contributed by atoms with van der Waals surface area (Å²) in [6.45, 7) is 8.00. The zero-order valence-corrected chi connectivity index (χ0v) is 8.63. The third-order valence-electron chi connectivity index (χ3n) is 0.973. The second kappa shape index (κ2) is 10.6. The van der Waals surface area contributed by atoms with E-state index in [0.29, 0.717) is 5.56 Å². The number of hydrogen-bond donors (Lipinski definition) is 0. The zero-order valence-electron chi connectivity index (χ0n) is 8.63. The van der Waals surface area contributed by atoms with Gasteiger partial charge in [0, 0.05) is 0 Å². The Kier molecular flexibility index (Phi) is 11.6. The van der Waals surface area contributed by atoms with E-state index in [1.165, 1.54) is 24.3 Å². The minimum atomic E-state index is -0.311. The fourth-order valence-electron chi connectivity index (χ4n) is 0.524. The fourth-order valence-corrected chi connectivity index (χ4v) is 0.524. The van der Waals surface area contributed by atoms with Gasteiger partial charge in [-0.05, 0) is 24.3 Å². The van der Waals surface area contributed by atoms with Gasteiger partial charge in [0.05, 0.1) is 11.6 Å². The van der Waals surface area contributed by atoms with Crippen molar-refractivity contribution in [3.05, 3.63) is 35.6 Å². The van der Waals surface area contributed by atoms with Crippen molar-refractivity contribution < 1.29 is 4.39 Å². The van der Waals surface area contributed by atoms with Gasteiger partial charge in [0.25, 0.3) is 0 Å². The van der Waals surface area contributed by atoms with Crippen molar-refractivity contribution >= 4 is 0 Å². The van der Waals surface area contributed by atoms with Crippen LogP contribution in [0, 0.1) is 17.1 Å². The predicted molar refractivity (Wildman–Crippen MR) is 53.8 cm³/mol. The van der Waals surface area contributed by atoms with Gasteiger partial charge in [-0.15, -0.1) is 0 Å². The van der Waals surface area contributed by atoms with Gasteiger partial charge < -0.3 is 0 Å². The number of nitriles is 1. The van der Waals surface area contributed by atoms with E-state index in [9.17, 15) is 4.39 Å². The minimum Gasteiger partial charge on any atom is -0.207 e. The van der Waals surface area contributed by atoms with E-state index in [0.717, 1.165) is 0 Å². The Morgan fingerprint density at radius 3 is 1.69 bits per heavy atom. The molecule has 0 N–H and O–H groups in total. The molecule has 0 aliphatic carbocycles. The summed E-state index contributed by atoms with van der Waals surface area (Å²) in [5.41, 5.74) is 0.483. The molecule has 0 fully saturated rings. The van der Waals surface area contributed by atoms with Crippen LogP contribution in [0.25, 0.3) is 0 Å². The Morgan fingerprint density at radius 1 is 1.00 bits per heavy atom. The highest BCUT2D eigenvalue weighted by Gasteiger charge is 1.87. The van der Waals surface area contributed by atoms with E-state index in [1.807, 2.05) is 33.8 Å². The molecule has 0 aromatic heterocycles. The van der Waals surface area contributed by atoms with E-state index in [4.69, 9.17) is 5.26 Å². The molecule has 0 bridgehead atoms. The molecule has 1 nitrogen and oxygen atoms in total. The molecule has 0 aliphatic heterocycles. The average molecular weight is 181 g/mol. The first kappa shape index (κ1) is 14.2. The summed E-state index contributed by atoms with van der Waals surface area (Å²) in [6.07, 6.45) is 0. The van der Waals surface area contributed by atoms with Crippen LogP contribution in [0.4, 0.5) is 4.39 Å². The Morgan fingerprint density at radius 2 is 1.38 bits per heavy atom. The zero-order chi connectivity index (χ0) is 10.7. The van der Waals surface area contributed by atoms with Crippen LogP contribution in [-0.4, -0.2) is 0 Å². The van der Waals surface area contributed by atoms with Crippen LogP contribution >= 0.6 is 0 Å². The number of nitrogens with zero attached hydrogens (tertiary/aromatic N) is 1. The van der Waals surface area contributed by atoms with Gasteiger partial charge in [-0.25, -0.2) is 4.39 Å². The largest absolute Gasteiger partial charge is 0.207 e. The molecule has 0 atom stereocenters. The van der Waals surface area contributed by atoms with Crippen LogP contribution < -0.4 is 0 Å². The molecule has 0 saturated heterocycles. The molecular formula is C11H16FN. The summed E-state index contributed by atoms with van der Waals surface area (Å²) >= 11 is 0. The molecule has 72 valence electrons. The van der Waals surface area contributed by atoms with Crippen molar-refractivity contribution in [1.82, 2.24) is 0 Å². The highest BCUT2D eigenvalue weighted by atomic mass is 19.1. The van der Waals surface area contributed by atoms with Gasteiger partial charge in [-0.1, -0.05) is 27.7 Å². The first-order valence-electron chi connectivity index (χ1n) is 4.48. The second-order valence-corrected chi connectivity index (χ2v) is 1.62. The normalized spacial score (nSPS) is 6.77. The summed E-state index contributed by atoms with van der Waals surface area (Å²) < 4.78 is 12.1. The third-order valence-corrected chi connectivity index (χ3v) is 0.973. The highest BCUT2D eigenvalue weighted by Crippen LogP contribution is 1.99. The second-order valence-electron chi connectivity index (χ2n) is 1.62. The molecule has 0 heterocycles. The third kappa shape index (κ3) is 7.02. The van der Waals surface area contributed by atoms with Gasteiger partial charge in [0.15, 0.2) is 0 Å². The maximum absolute atomic E-state index is 12.1. The van der Waals surface area contributed by atoms with Crippen LogP contribution in [0.15, 0.2) is 24.3 Å². The van der Waals surface area contributed by atoms with Crippen molar-refractivity contribution in [3.63, 3.8) is 0 Å². The first-order valence-corrected chi connectivity index (χ1v) is 4.48. The van der Waals surface area contributed by atoms with Crippen LogP contribution in [0.5, 0.6) is 0 Å². The van der Waals surface area contributed by atoms with E-state index in [1.54, 1.807) is 0 Å². The number of hydrogen-bond acceptors (Lipinski definition) is 1. The minimum absolute atomic E-state index is 0.311. The molecule has 0 aliphatic rings. The molecule has 13 heavy (non-hydrogen) atoms. The maximum Gasteiger partial charge on any atom is 0.123 e. The number of benzene rings is 1. The summed E-state index contributed by atoms with van der Waals surface area (Å²) in [5, 5.41) is 8.26. The molecular weight excluding hydrogens is 165 g/mol. The van der Waals surface area contributed by atoms with Crippen molar-refractivity contribution in [2.45, 2.75) is 27.7 Å². The van der Waals surface area contributed by atoms with Gasteiger partial charge in [-0.2, -0.15) is 5.26 Å². The topological polar surface area (TPSA) is 23.8 Å². The van der Waals surface area contributed by atoms with Crippen LogP contribution in [0.2, 0.25) is 0 Å². The Bertz CT molecular complexity index is 233. The van der Waals surface area contributed by atoms with Gasteiger partial charge >= 0.3 is 0 Å². The molecule has 0 spiro atoms. The fraction of sp³-hybridized carbons (Fsp3) is 0.364. The lowest BCUT2D eigenvalue weighted by Gasteiger charge is -1.84. The molecule has 1 aromatic rings. The Hall–Kier alpha value is -1.36. The molecule has 2 heteroatoms. The number of halogens is 1. The SMILES string of the molecule is CC.CC.N#Cc1ccc(F)cc1. The van der Waals surface area contributed by atoms with Crippen molar-refractivity contribution in [2.24, 2.45) is 0 Å². The summed E-state index contributed by atoms with van der Waals surface area (Å²) in [4.78, 5) is 0. The lowest BCUT2D eigenvalue weighted by molar-refractivity contribution is 0.627. The monoisotopic (exact) mass is 181 g/mol. The first-order chi connectivity index (χ1) is 6.33. The highest BCUT2D eigenvalue weighted by molar-refractivity contribution is 5.28. The lowest BCUT2D eigenvalue weighted by atomic mass is 10.2. The summed E-state index contributed by atoms with van der Waals surface area (Å²) in [6, 6.07) is 7.29. The molecule has 1 rings (SSSR count). The van der Waals surface area contributed by atoms with Crippen LogP contribution in [0.1, 0.15) is 33.3 Å². The quantitative estimate of drug-likeness (QED) is 0.598. The molecule has 0 amide bonds. The molecule has 0 unspecified atom stereocenters. The summed E-state index contributed by atoms with van der Waals surface area (Å²) in [7, 11) is 0. The standard InChI is InChI=1S/C7H4FN.2C2H6/c8-7-3-1-6(5-9)2-4-7;2*1-2/h1-4H;2*1-2H3. The van der Waals surface area contributed by atoms with E-state index < -0.39 is 0 Å². The van der Waals surface area contributed by atoms with Crippen LogP contribution in [0.3, 0.4) is 0 Å². The average Bonchev–Trinajstić information content (AvgIpc) is 2.25. The summed E-state index contributed by atoms with van der Waals surface area (Å²) in [5.74, 6) is -0.311. The Labute approximate surface area is 79.8 Å². The van der Waals surface area contributed by atoms with Gasteiger partial charge in [-0.3, -0.25) is 0 Å². The Balaban J connectivity index is 0. The molecule has 0 radical (unpaired) electrons. The molecule has 0 saturated carbocycles.